The van der Waals surface area contributed by atoms with Crippen molar-refractivity contribution in [2.45, 2.75) is 26.1 Å². The molecular weight excluding hydrogens is 280 g/mol. The third kappa shape index (κ3) is 6.90. The lowest BCUT2D eigenvalue weighted by Crippen LogP contribution is -2.10. The maximum atomic E-state index is 10.4. The summed E-state index contributed by atoms with van der Waals surface area (Å²) in [6.07, 6.45) is 6.69. The fourth-order valence-corrected chi connectivity index (χ4v) is 1.82. The first-order valence-electron chi connectivity index (χ1n) is 6.99. The zero-order chi connectivity index (χ0) is 16.4. The summed E-state index contributed by atoms with van der Waals surface area (Å²) in [7, 11) is 1.63. The van der Waals surface area contributed by atoms with E-state index in [4.69, 9.17) is 14.6 Å². The number of ether oxygens (including phenoxy) is 2. The lowest BCUT2D eigenvalue weighted by atomic mass is 10.1. The quantitative estimate of drug-likeness (QED) is 0.429. The van der Waals surface area contributed by atoms with Crippen LogP contribution in [-0.4, -0.2) is 24.3 Å². The van der Waals surface area contributed by atoms with Gasteiger partial charge in [0.1, 0.15) is 5.75 Å². The molecule has 1 aromatic carbocycles. The van der Waals surface area contributed by atoms with Crippen molar-refractivity contribution < 1.29 is 19.4 Å². The zero-order valence-electron chi connectivity index (χ0n) is 13.0. The molecule has 0 saturated heterocycles. The van der Waals surface area contributed by atoms with Crippen LogP contribution in [0.4, 0.5) is 0 Å². The lowest BCUT2D eigenvalue weighted by Gasteiger charge is -2.14. The number of hydrogen-bond donors (Lipinski definition) is 1. The van der Waals surface area contributed by atoms with Gasteiger partial charge in [0.2, 0.25) is 0 Å². The predicted molar refractivity (Wildman–Crippen MR) is 86.9 cm³/mol. The number of allylic oxidation sites excluding steroid dienone is 2. The molecule has 0 aromatic heterocycles. The van der Waals surface area contributed by atoms with E-state index in [1.165, 1.54) is 6.08 Å². The number of carboxylic acid groups (broad SMARTS) is 1. The maximum Gasteiger partial charge on any atom is 0.328 e. The molecule has 0 aliphatic rings. The molecule has 1 N–H and O–H groups in total. The van der Waals surface area contributed by atoms with Crippen molar-refractivity contribution in [2.24, 2.45) is 0 Å². The van der Waals surface area contributed by atoms with Gasteiger partial charge < -0.3 is 14.6 Å². The van der Waals surface area contributed by atoms with Crippen LogP contribution < -0.4 is 4.74 Å². The summed E-state index contributed by atoms with van der Waals surface area (Å²) in [5, 5.41) is 8.54. The largest absolute Gasteiger partial charge is 0.497 e. The van der Waals surface area contributed by atoms with Crippen LogP contribution in [-0.2, 0) is 16.1 Å². The Labute approximate surface area is 131 Å². The topological polar surface area (TPSA) is 55.8 Å². The van der Waals surface area contributed by atoms with Gasteiger partial charge in [-0.1, -0.05) is 35.9 Å². The molecular formula is C18H22O4. The molecule has 1 rings (SSSR count). The third-order valence-electron chi connectivity index (χ3n) is 3.03. The molecule has 0 fully saturated rings. The van der Waals surface area contributed by atoms with Gasteiger partial charge in [0.05, 0.1) is 19.8 Å². The SMILES string of the molecule is C=CC(C/C(C)=C\C=C\C(=O)O)OCc1ccc(OC)cc1. The summed E-state index contributed by atoms with van der Waals surface area (Å²) in [6, 6.07) is 7.70. The molecule has 0 aliphatic heterocycles. The van der Waals surface area contributed by atoms with Crippen molar-refractivity contribution in [3.8, 4) is 5.75 Å². The first-order valence-corrected chi connectivity index (χ1v) is 6.99. The van der Waals surface area contributed by atoms with E-state index in [1.807, 2.05) is 31.2 Å². The average Bonchev–Trinajstić information content (AvgIpc) is 2.51. The number of carbonyl (C=O) groups is 1. The number of benzene rings is 1. The fourth-order valence-electron chi connectivity index (χ4n) is 1.82. The van der Waals surface area contributed by atoms with E-state index in [9.17, 15) is 4.79 Å². The van der Waals surface area contributed by atoms with Crippen LogP contribution in [0.5, 0.6) is 5.75 Å². The van der Waals surface area contributed by atoms with Gasteiger partial charge in [-0.15, -0.1) is 6.58 Å². The van der Waals surface area contributed by atoms with Gasteiger partial charge in [0.15, 0.2) is 0 Å². The van der Waals surface area contributed by atoms with E-state index in [0.29, 0.717) is 13.0 Å². The number of rotatable bonds is 9. The van der Waals surface area contributed by atoms with Crippen molar-refractivity contribution in [3.63, 3.8) is 0 Å². The highest BCUT2D eigenvalue weighted by atomic mass is 16.5. The minimum atomic E-state index is -0.958. The van der Waals surface area contributed by atoms with Gasteiger partial charge >= 0.3 is 5.97 Å². The Balaban J connectivity index is 2.50. The van der Waals surface area contributed by atoms with Gasteiger partial charge in [-0.25, -0.2) is 4.79 Å². The molecule has 0 heterocycles. The van der Waals surface area contributed by atoms with E-state index in [0.717, 1.165) is 23.0 Å². The first-order chi connectivity index (χ1) is 10.5. The summed E-state index contributed by atoms with van der Waals surface area (Å²) < 4.78 is 10.9. The molecule has 0 aliphatic carbocycles. The monoisotopic (exact) mass is 302 g/mol. The van der Waals surface area contributed by atoms with Gasteiger partial charge in [-0.2, -0.15) is 0 Å². The number of methoxy groups -OCH3 is 1. The van der Waals surface area contributed by atoms with Crippen LogP contribution in [0.2, 0.25) is 0 Å². The summed E-state index contributed by atoms with van der Waals surface area (Å²) in [4.78, 5) is 10.4. The highest BCUT2D eigenvalue weighted by Crippen LogP contribution is 2.15. The van der Waals surface area contributed by atoms with Gasteiger partial charge in [0.25, 0.3) is 0 Å². The standard InChI is InChI=1S/C18H22O4/c1-4-16(12-14(2)6-5-7-18(19)20)22-13-15-8-10-17(21-3)11-9-15/h4-11,16H,1,12-13H2,2-3H3,(H,19,20)/b7-5+,14-6-. The van der Waals surface area contributed by atoms with Crippen LogP contribution in [0.25, 0.3) is 0 Å². The second-order valence-electron chi connectivity index (χ2n) is 4.85. The Morgan fingerprint density at radius 1 is 1.36 bits per heavy atom. The van der Waals surface area contributed by atoms with Crippen LogP contribution in [0.15, 0.2) is 60.7 Å². The highest BCUT2D eigenvalue weighted by Gasteiger charge is 2.06. The minimum Gasteiger partial charge on any atom is -0.497 e. The summed E-state index contributed by atoms with van der Waals surface area (Å²) in [5.74, 6) is -0.145. The molecule has 4 nitrogen and oxygen atoms in total. The average molecular weight is 302 g/mol. The van der Waals surface area contributed by atoms with Crippen molar-refractivity contribution in [2.75, 3.05) is 7.11 Å². The maximum absolute atomic E-state index is 10.4. The molecule has 1 aromatic rings. The number of carboxylic acids is 1. The molecule has 118 valence electrons. The molecule has 0 radical (unpaired) electrons. The Morgan fingerprint density at radius 3 is 2.59 bits per heavy atom. The Kier molecular flexibility index (Phi) is 7.72. The van der Waals surface area contributed by atoms with Crippen molar-refractivity contribution >= 4 is 5.97 Å². The van der Waals surface area contributed by atoms with E-state index in [-0.39, 0.29) is 6.10 Å². The highest BCUT2D eigenvalue weighted by molar-refractivity contribution is 5.80. The molecule has 22 heavy (non-hydrogen) atoms. The van der Waals surface area contributed by atoms with Crippen molar-refractivity contribution in [3.05, 3.63) is 66.3 Å². The normalized spacial score (nSPS) is 13.1. The lowest BCUT2D eigenvalue weighted by molar-refractivity contribution is -0.131. The number of aliphatic carboxylic acids is 1. The predicted octanol–water partition coefficient (Wildman–Crippen LogP) is 3.74. The Morgan fingerprint density at radius 2 is 2.05 bits per heavy atom. The smallest absolute Gasteiger partial charge is 0.328 e. The Hall–Kier alpha value is -2.33. The Bertz CT molecular complexity index is 541. The summed E-state index contributed by atoms with van der Waals surface area (Å²) in [5.41, 5.74) is 2.08. The van der Waals surface area contributed by atoms with E-state index in [2.05, 4.69) is 6.58 Å². The van der Waals surface area contributed by atoms with Crippen LogP contribution in [0.1, 0.15) is 18.9 Å². The van der Waals surface area contributed by atoms with Gasteiger partial charge in [-0.3, -0.25) is 0 Å². The molecule has 1 unspecified atom stereocenters. The van der Waals surface area contributed by atoms with Crippen LogP contribution >= 0.6 is 0 Å². The molecule has 4 heteroatoms. The summed E-state index contributed by atoms with van der Waals surface area (Å²) >= 11 is 0. The molecule has 0 saturated carbocycles. The molecule has 1 atom stereocenters. The van der Waals surface area contributed by atoms with Crippen molar-refractivity contribution in [1.82, 2.24) is 0 Å². The summed E-state index contributed by atoms with van der Waals surface area (Å²) in [6.45, 7) is 6.19. The van der Waals surface area contributed by atoms with Crippen LogP contribution in [0.3, 0.4) is 0 Å². The second kappa shape index (κ2) is 9.58. The van der Waals surface area contributed by atoms with Gasteiger partial charge in [-0.05, 0) is 31.0 Å². The third-order valence-corrected chi connectivity index (χ3v) is 3.03. The van der Waals surface area contributed by atoms with Crippen LogP contribution in [0, 0.1) is 0 Å². The van der Waals surface area contributed by atoms with Gasteiger partial charge in [0, 0.05) is 6.08 Å². The zero-order valence-corrected chi connectivity index (χ0v) is 13.0. The molecule has 0 spiro atoms. The van der Waals surface area contributed by atoms with E-state index < -0.39 is 5.97 Å². The molecule has 0 bridgehead atoms. The second-order valence-corrected chi connectivity index (χ2v) is 4.85. The van der Waals surface area contributed by atoms with E-state index >= 15 is 0 Å². The fraction of sp³-hybridized carbons (Fsp3) is 0.278. The van der Waals surface area contributed by atoms with Crippen molar-refractivity contribution in [1.29, 1.82) is 0 Å². The van der Waals surface area contributed by atoms with E-state index in [1.54, 1.807) is 19.3 Å². The first kappa shape index (κ1) is 17.7. The minimum absolute atomic E-state index is 0.114. The number of hydrogen-bond acceptors (Lipinski definition) is 3. The molecule has 0 amide bonds.